The van der Waals surface area contributed by atoms with Crippen molar-refractivity contribution in [2.45, 2.75) is 46.1 Å². The minimum Gasteiger partial charge on any atom is -0.330 e. The summed E-state index contributed by atoms with van der Waals surface area (Å²) in [5.41, 5.74) is 7.83. The van der Waals surface area contributed by atoms with Crippen molar-refractivity contribution >= 4 is 0 Å². The van der Waals surface area contributed by atoms with Gasteiger partial charge in [-0.25, -0.2) is 4.68 Å². The van der Waals surface area contributed by atoms with Gasteiger partial charge in [-0.3, -0.25) is 0 Å². The first kappa shape index (κ1) is 11.2. The van der Waals surface area contributed by atoms with Crippen LogP contribution in [0, 0.1) is 0 Å². The number of hydrogen-bond donors (Lipinski definition) is 1. The smallest absolute Gasteiger partial charge is 0.0871 e. The minimum atomic E-state index is 0.434. The van der Waals surface area contributed by atoms with E-state index in [1.807, 2.05) is 4.68 Å². The molecule has 1 unspecified atom stereocenters. The summed E-state index contributed by atoms with van der Waals surface area (Å²) < 4.78 is 2.03. The third-order valence-electron chi connectivity index (χ3n) is 2.60. The van der Waals surface area contributed by atoms with Gasteiger partial charge in [0.15, 0.2) is 0 Å². The van der Waals surface area contributed by atoms with Crippen LogP contribution >= 0.6 is 0 Å². The van der Waals surface area contributed by atoms with Gasteiger partial charge in [0.2, 0.25) is 0 Å². The molecule has 1 heterocycles. The van der Waals surface area contributed by atoms with E-state index in [1.165, 1.54) is 5.69 Å². The lowest BCUT2D eigenvalue weighted by molar-refractivity contribution is 0.449. The molecule has 1 aromatic heterocycles. The monoisotopic (exact) mass is 196 g/mol. The molecule has 1 atom stereocenters. The van der Waals surface area contributed by atoms with Crippen LogP contribution in [-0.4, -0.2) is 21.5 Å². The Labute approximate surface area is 85.5 Å². The molecule has 2 N–H and O–H groups in total. The number of nitrogens with zero attached hydrogens (tertiary/aromatic N) is 3. The number of hydrogen-bond acceptors (Lipinski definition) is 3. The molecule has 4 heteroatoms. The first-order chi connectivity index (χ1) is 6.74. The molecule has 4 nitrogen and oxygen atoms in total. The zero-order chi connectivity index (χ0) is 10.6. The van der Waals surface area contributed by atoms with E-state index < -0.39 is 0 Å². The standard InChI is InChI=1S/C10H20N4/c1-4-8(3)14-10(5-2)9(6-7-11)12-13-14/h8H,4-7,11H2,1-3H3. The Balaban J connectivity index is 2.94. The fraction of sp³-hybridized carbons (Fsp3) is 0.800. The van der Waals surface area contributed by atoms with Gasteiger partial charge in [-0.15, -0.1) is 5.10 Å². The maximum Gasteiger partial charge on any atom is 0.0871 e. The first-order valence-electron chi connectivity index (χ1n) is 5.37. The maximum absolute atomic E-state index is 5.52. The summed E-state index contributed by atoms with van der Waals surface area (Å²) >= 11 is 0. The van der Waals surface area contributed by atoms with Crippen LogP contribution in [0.15, 0.2) is 0 Å². The molecule has 0 aromatic carbocycles. The summed E-state index contributed by atoms with van der Waals surface area (Å²) in [5, 5.41) is 8.37. The van der Waals surface area contributed by atoms with Crippen molar-refractivity contribution < 1.29 is 0 Å². The van der Waals surface area contributed by atoms with Gasteiger partial charge < -0.3 is 5.73 Å². The van der Waals surface area contributed by atoms with Crippen LogP contribution in [0.3, 0.4) is 0 Å². The lowest BCUT2D eigenvalue weighted by Gasteiger charge is -2.11. The average Bonchev–Trinajstić information content (AvgIpc) is 2.60. The fourth-order valence-electron chi connectivity index (χ4n) is 1.57. The zero-order valence-corrected chi connectivity index (χ0v) is 9.32. The van der Waals surface area contributed by atoms with Gasteiger partial charge in [0.25, 0.3) is 0 Å². The van der Waals surface area contributed by atoms with E-state index in [0.29, 0.717) is 12.6 Å². The summed E-state index contributed by atoms with van der Waals surface area (Å²) in [6, 6.07) is 0.434. The summed E-state index contributed by atoms with van der Waals surface area (Å²) in [6.07, 6.45) is 2.89. The SMILES string of the molecule is CCc1c(CCN)nnn1C(C)CC. The summed E-state index contributed by atoms with van der Waals surface area (Å²) in [6.45, 7) is 7.11. The molecule has 0 spiro atoms. The van der Waals surface area contributed by atoms with E-state index in [-0.39, 0.29) is 0 Å². The van der Waals surface area contributed by atoms with Crippen LogP contribution in [0.2, 0.25) is 0 Å². The minimum absolute atomic E-state index is 0.434. The Hall–Kier alpha value is -0.900. The van der Waals surface area contributed by atoms with E-state index in [2.05, 4.69) is 31.1 Å². The normalized spacial score (nSPS) is 13.1. The molecule has 14 heavy (non-hydrogen) atoms. The fourth-order valence-corrected chi connectivity index (χ4v) is 1.57. The van der Waals surface area contributed by atoms with Crippen LogP contribution < -0.4 is 5.73 Å². The van der Waals surface area contributed by atoms with E-state index in [9.17, 15) is 0 Å². The molecule has 1 aromatic rings. The largest absolute Gasteiger partial charge is 0.330 e. The Bertz CT molecular complexity index is 280. The van der Waals surface area contributed by atoms with Crippen LogP contribution in [0.5, 0.6) is 0 Å². The average molecular weight is 196 g/mol. The van der Waals surface area contributed by atoms with Crippen molar-refractivity contribution in [3.8, 4) is 0 Å². The van der Waals surface area contributed by atoms with Crippen molar-refractivity contribution in [2.24, 2.45) is 5.73 Å². The van der Waals surface area contributed by atoms with Gasteiger partial charge in [-0.1, -0.05) is 19.1 Å². The van der Waals surface area contributed by atoms with Crippen molar-refractivity contribution in [1.29, 1.82) is 0 Å². The summed E-state index contributed by atoms with van der Waals surface area (Å²) in [7, 11) is 0. The van der Waals surface area contributed by atoms with E-state index in [4.69, 9.17) is 5.73 Å². The second-order valence-corrected chi connectivity index (χ2v) is 3.58. The predicted molar refractivity (Wildman–Crippen MR) is 57.2 cm³/mol. The van der Waals surface area contributed by atoms with E-state index in [1.54, 1.807) is 0 Å². The molecule has 0 bridgehead atoms. The highest BCUT2D eigenvalue weighted by molar-refractivity contribution is 5.11. The van der Waals surface area contributed by atoms with Crippen LogP contribution in [0.25, 0.3) is 0 Å². The molecule has 0 fully saturated rings. The molecule has 1 rings (SSSR count). The Morgan fingerprint density at radius 3 is 2.64 bits per heavy atom. The van der Waals surface area contributed by atoms with E-state index >= 15 is 0 Å². The van der Waals surface area contributed by atoms with Crippen LogP contribution in [-0.2, 0) is 12.8 Å². The molecular weight excluding hydrogens is 176 g/mol. The highest BCUT2D eigenvalue weighted by atomic mass is 15.4. The van der Waals surface area contributed by atoms with Crippen molar-refractivity contribution in [3.63, 3.8) is 0 Å². The molecule has 0 amide bonds. The number of rotatable bonds is 5. The van der Waals surface area contributed by atoms with Crippen LogP contribution in [0.4, 0.5) is 0 Å². The van der Waals surface area contributed by atoms with Gasteiger partial charge in [0, 0.05) is 6.42 Å². The van der Waals surface area contributed by atoms with Gasteiger partial charge in [0.1, 0.15) is 0 Å². The van der Waals surface area contributed by atoms with Gasteiger partial charge in [-0.2, -0.15) is 0 Å². The topological polar surface area (TPSA) is 56.7 Å². The number of aromatic nitrogens is 3. The molecule has 0 saturated heterocycles. The van der Waals surface area contributed by atoms with E-state index in [0.717, 1.165) is 25.0 Å². The van der Waals surface area contributed by atoms with Gasteiger partial charge in [0.05, 0.1) is 17.4 Å². The molecule has 0 radical (unpaired) electrons. The van der Waals surface area contributed by atoms with Crippen molar-refractivity contribution in [3.05, 3.63) is 11.4 Å². The molecule has 0 aliphatic rings. The van der Waals surface area contributed by atoms with Crippen molar-refractivity contribution in [2.75, 3.05) is 6.54 Å². The van der Waals surface area contributed by atoms with Gasteiger partial charge in [-0.05, 0) is 26.3 Å². The number of nitrogens with two attached hydrogens (primary N) is 1. The molecular formula is C10H20N4. The van der Waals surface area contributed by atoms with Crippen LogP contribution in [0.1, 0.15) is 44.6 Å². The first-order valence-corrected chi connectivity index (χ1v) is 5.37. The molecule has 0 saturated carbocycles. The summed E-state index contributed by atoms with van der Waals surface area (Å²) in [5.74, 6) is 0. The zero-order valence-electron chi connectivity index (χ0n) is 9.32. The Morgan fingerprint density at radius 2 is 2.14 bits per heavy atom. The Morgan fingerprint density at radius 1 is 1.43 bits per heavy atom. The Kier molecular flexibility index (Phi) is 4.07. The highest BCUT2D eigenvalue weighted by Crippen LogP contribution is 2.15. The lowest BCUT2D eigenvalue weighted by atomic mass is 10.2. The molecule has 0 aliphatic heterocycles. The molecule has 80 valence electrons. The quantitative estimate of drug-likeness (QED) is 0.772. The van der Waals surface area contributed by atoms with Gasteiger partial charge >= 0.3 is 0 Å². The second kappa shape index (κ2) is 5.10. The highest BCUT2D eigenvalue weighted by Gasteiger charge is 2.13. The third kappa shape index (κ3) is 2.12. The van der Waals surface area contributed by atoms with Crippen molar-refractivity contribution in [1.82, 2.24) is 15.0 Å². The maximum atomic E-state index is 5.52. The second-order valence-electron chi connectivity index (χ2n) is 3.58. The third-order valence-corrected chi connectivity index (χ3v) is 2.60. The lowest BCUT2D eigenvalue weighted by Crippen LogP contribution is -2.11. The predicted octanol–water partition coefficient (Wildman–Crippen LogP) is 1.31. The molecule has 0 aliphatic carbocycles. The summed E-state index contributed by atoms with van der Waals surface area (Å²) in [4.78, 5) is 0.